The summed E-state index contributed by atoms with van der Waals surface area (Å²) >= 11 is 0. The summed E-state index contributed by atoms with van der Waals surface area (Å²) in [5, 5.41) is 2.95. The Morgan fingerprint density at radius 3 is 2.90 bits per heavy atom. The van der Waals surface area contributed by atoms with Crippen LogP contribution in [0.1, 0.15) is 40.9 Å². The highest BCUT2D eigenvalue weighted by Crippen LogP contribution is 2.35. The predicted molar refractivity (Wildman–Crippen MR) is 85.1 cm³/mol. The molecule has 0 radical (unpaired) electrons. The highest BCUT2D eigenvalue weighted by molar-refractivity contribution is 6.35. The number of aromatic nitrogens is 1. The molecule has 1 amide bonds. The molecule has 21 heavy (non-hydrogen) atoms. The lowest BCUT2D eigenvalue weighted by Crippen LogP contribution is -2.03. The molecule has 0 unspecified atom stereocenters. The Hall–Kier alpha value is -2.29. The van der Waals surface area contributed by atoms with Crippen molar-refractivity contribution in [2.75, 3.05) is 5.32 Å². The highest BCUT2D eigenvalue weighted by atomic mass is 16.2. The van der Waals surface area contributed by atoms with E-state index in [4.69, 9.17) is 0 Å². The van der Waals surface area contributed by atoms with Crippen LogP contribution in [0.2, 0.25) is 0 Å². The maximum atomic E-state index is 12.2. The first-order valence-corrected chi connectivity index (χ1v) is 7.56. The van der Waals surface area contributed by atoms with E-state index < -0.39 is 0 Å². The quantitative estimate of drug-likeness (QED) is 0.768. The fraction of sp³-hybridized carbons (Fsp3) is 0.278. The van der Waals surface area contributed by atoms with Crippen molar-refractivity contribution in [3.8, 4) is 0 Å². The number of carbonyl (C=O) groups is 1. The van der Waals surface area contributed by atoms with Gasteiger partial charge in [0.05, 0.1) is 5.57 Å². The molecule has 1 aliphatic carbocycles. The van der Waals surface area contributed by atoms with Crippen molar-refractivity contribution in [3.63, 3.8) is 0 Å². The van der Waals surface area contributed by atoms with Gasteiger partial charge in [0.15, 0.2) is 0 Å². The number of anilines is 1. The number of rotatable bonds is 1. The molecule has 0 saturated heterocycles. The summed E-state index contributed by atoms with van der Waals surface area (Å²) in [6.45, 7) is 2.05. The van der Waals surface area contributed by atoms with Gasteiger partial charge in [-0.25, -0.2) is 0 Å². The summed E-state index contributed by atoms with van der Waals surface area (Å²) < 4.78 is 0. The molecule has 0 saturated carbocycles. The van der Waals surface area contributed by atoms with Crippen LogP contribution in [-0.2, 0) is 17.6 Å². The van der Waals surface area contributed by atoms with E-state index in [2.05, 4.69) is 16.4 Å². The van der Waals surface area contributed by atoms with Gasteiger partial charge in [-0.2, -0.15) is 0 Å². The Kier molecular flexibility index (Phi) is 2.74. The maximum Gasteiger partial charge on any atom is 0.256 e. The van der Waals surface area contributed by atoms with Gasteiger partial charge in [0.25, 0.3) is 5.91 Å². The van der Waals surface area contributed by atoms with Gasteiger partial charge in [0.1, 0.15) is 0 Å². The third-order valence-corrected chi connectivity index (χ3v) is 4.47. The van der Waals surface area contributed by atoms with E-state index >= 15 is 0 Å². The van der Waals surface area contributed by atoms with Crippen molar-refractivity contribution >= 4 is 23.2 Å². The Morgan fingerprint density at radius 1 is 1.19 bits per heavy atom. The number of hydrogen-bond acceptors (Lipinski definition) is 1. The zero-order valence-electron chi connectivity index (χ0n) is 12.1. The molecule has 0 fully saturated rings. The van der Waals surface area contributed by atoms with E-state index in [0.717, 1.165) is 40.9 Å². The first-order valence-electron chi connectivity index (χ1n) is 7.56. The van der Waals surface area contributed by atoms with Crippen LogP contribution in [-0.4, -0.2) is 10.9 Å². The molecule has 4 rings (SSSR count). The van der Waals surface area contributed by atoms with E-state index in [-0.39, 0.29) is 5.91 Å². The minimum absolute atomic E-state index is 0.00753. The molecular weight excluding hydrogens is 260 g/mol. The molecule has 2 N–H and O–H groups in total. The molecule has 2 aliphatic rings. The van der Waals surface area contributed by atoms with Crippen LogP contribution < -0.4 is 5.32 Å². The van der Waals surface area contributed by atoms with E-state index in [1.165, 1.54) is 24.1 Å². The molecule has 0 bridgehead atoms. The van der Waals surface area contributed by atoms with Crippen LogP contribution in [0.4, 0.5) is 5.69 Å². The molecule has 1 aromatic heterocycles. The Morgan fingerprint density at radius 2 is 2.05 bits per heavy atom. The SMILES string of the molecule is Cc1cccc2c1C(=Cc1cc3c([nH]1)CCCC3)C(=O)N2. The van der Waals surface area contributed by atoms with Gasteiger partial charge in [-0.05, 0) is 61.9 Å². The van der Waals surface area contributed by atoms with E-state index in [9.17, 15) is 4.79 Å². The minimum Gasteiger partial charge on any atom is -0.359 e. The fourth-order valence-corrected chi connectivity index (χ4v) is 3.43. The van der Waals surface area contributed by atoms with Crippen LogP contribution in [0.3, 0.4) is 0 Å². The number of nitrogens with one attached hydrogen (secondary N) is 2. The minimum atomic E-state index is -0.00753. The molecule has 3 heteroatoms. The molecule has 106 valence electrons. The lowest BCUT2D eigenvalue weighted by molar-refractivity contribution is -0.110. The lowest BCUT2D eigenvalue weighted by atomic mass is 9.98. The summed E-state index contributed by atoms with van der Waals surface area (Å²) in [5.74, 6) is -0.00753. The van der Waals surface area contributed by atoms with E-state index in [1.54, 1.807) is 0 Å². The molecule has 0 atom stereocenters. The number of fused-ring (bicyclic) bond motifs is 2. The van der Waals surface area contributed by atoms with Crippen LogP contribution in [0.25, 0.3) is 11.6 Å². The van der Waals surface area contributed by atoms with Gasteiger partial charge in [-0.15, -0.1) is 0 Å². The molecule has 3 nitrogen and oxygen atoms in total. The van der Waals surface area contributed by atoms with Gasteiger partial charge >= 0.3 is 0 Å². The zero-order valence-corrected chi connectivity index (χ0v) is 12.1. The molecule has 1 aromatic carbocycles. The van der Waals surface area contributed by atoms with Crippen molar-refractivity contribution < 1.29 is 4.79 Å². The normalized spacial score (nSPS) is 18.5. The molecule has 1 aliphatic heterocycles. The maximum absolute atomic E-state index is 12.2. The number of H-pyrrole nitrogens is 1. The first kappa shape index (κ1) is 12.5. The number of aromatic amines is 1. The second-order valence-corrected chi connectivity index (χ2v) is 5.95. The molecular formula is C18H18N2O. The number of carbonyl (C=O) groups excluding carboxylic acids is 1. The predicted octanol–water partition coefficient (Wildman–Crippen LogP) is 3.69. The topological polar surface area (TPSA) is 44.9 Å². The Labute approximate surface area is 124 Å². The van der Waals surface area contributed by atoms with Gasteiger partial charge in [0.2, 0.25) is 0 Å². The number of hydrogen-bond donors (Lipinski definition) is 2. The average Bonchev–Trinajstić information content (AvgIpc) is 3.01. The van der Waals surface area contributed by atoms with Crippen molar-refractivity contribution in [2.45, 2.75) is 32.6 Å². The van der Waals surface area contributed by atoms with Gasteiger partial charge in [-0.1, -0.05) is 12.1 Å². The average molecular weight is 278 g/mol. The fourth-order valence-electron chi connectivity index (χ4n) is 3.43. The van der Waals surface area contributed by atoms with Crippen LogP contribution in [0.15, 0.2) is 24.3 Å². The first-order chi connectivity index (χ1) is 10.2. The monoisotopic (exact) mass is 278 g/mol. The van der Waals surface area contributed by atoms with Gasteiger partial charge < -0.3 is 10.3 Å². The summed E-state index contributed by atoms with van der Waals surface area (Å²) in [6, 6.07) is 8.18. The molecule has 0 spiro atoms. The van der Waals surface area contributed by atoms with Crippen molar-refractivity contribution in [1.29, 1.82) is 0 Å². The number of amides is 1. The van der Waals surface area contributed by atoms with Gasteiger partial charge in [-0.3, -0.25) is 4.79 Å². The zero-order chi connectivity index (χ0) is 14.4. The molecule has 2 heterocycles. The third-order valence-electron chi connectivity index (χ3n) is 4.47. The number of benzene rings is 1. The Balaban J connectivity index is 1.80. The van der Waals surface area contributed by atoms with Crippen molar-refractivity contribution in [2.24, 2.45) is 0 Å². The molecule has 2 aromatic rings. The smallest absolute Gasteiger partial charge is 0.256 e. The lowest BCUT2D eigenvalue weighted by Gasteiger charge is -2.08. The summed E-state index contributed by atoms with van der Waals surface area (Å²) in [7, 11) is 0. The van der Waals surface area contributed by atoms with E-state index in [1.807, 2.05) is 31.2 Å². The summed E-state index contributed by atoms with van der Waals surface area (Å²) in [6.07, 6.45) is 6.79. The van der Waals surface area contributed by atoms with Crippen LogP contribution in [0, 0.1) is 6.92 Å². The highest BCUT2D eigenvalue weighted by Gasteiger charge is 2.25. The summed E-state index contributed by atoms with van der Waals surface area (Å²) in [4.78, 5) is 15.7. The second kappa shape index (κ2) is 4.62. The second-order valence-electron chi connectivity index (χ2n) is 5.95. The Bertz CT molecular complexity index is 744. The van der Waals surface area contributed by atoms with E-state index in [0.29, 0.717) is 0 Å². The van der Waals surface area contributed by atoms with Crippen LogP contribution in [0.5, 0.6) is 0 Å². The summed E-state index contributed by atoms with van der Waals surface area (Å²) in [5.41, 5.74) is 7.66. The van der Waals surface area contributed by atoms with Crippen molar-refractivity contribution in [3.05, 3.63) is 52.3 Å². The van der Waals surface area contributed by atoms with Crippen molar-refractivity contribution in [1.82, 2.24) is 4.98 Å². The van der Waals surface area contributed by atoms with Crippen LogP contribution >= 0.6 is 0 Å². The standard InChI is InChI=1S/C18H18N2O/c1-11-5-4-8-16-17(11)14(18(21)20-16)10-13-9-12-6-2-3-7-15(12)19-13/h4-5,8-10,19H,2-3,6-7H2,1H3,(H,20,21). The largest absolute Gasteiger partial charge is 0.359 e. The third kappa shape index (κ3) is 2.00. The van der Waals surface area contributed by atoms with Gasteiger partial charge in [0, 0.05) is 22.6 Å². The number of aryl methyl sites for hydroxylation is 3.